The van der Waals surface area contributed by atoms with Crippen LogP contribution in [0.1, 0.15) is 50.7 Å². The van der Waals surface area contributed by atoms with Crippen molar-refractivity contribution in [3.63, 3.8) is 0 Å². The SMILES string of the molecule is CCCCc1c(Br)cnc(-c2ccccn2)c1CCCC. The smallest absolute Gasteiger partial charge is 0.0921 e. The van der Waals surface area contributed by atoms with Crippen molar-refractivity contribution in [2.45, 2.75) is 52.4 Å². The van der Waals surface area contributed by atoms with Gasteiger partial charge >= 0.3 is 0 Å². The van der Waals surface area contributed by atoms with E-state index in [1.54, 1.807) is 0 Å². The van der Waals surface area contributed by atoms with Gasteiger partial charge in [-0.2, -0.15) is 0 Å². The maximum Gasteiger partial charge on any atom is 0.0921 e. The van der Waals surface area contributed by atoms with Gasteiger partial charge in [-0.25, -0.2) is 0 Å². The van der Waals surface area contributed by atoms with Gasteiger partial charge in [0, 0.05) is 16.9 Å². The van der Waals surface area contributed by atoms with Crippen molar-refractivity contribution in [3.05, 3.63) is 46.2 Å². The van der Waals surface area contributed by atoms with Gasteiger partial charge in [0.05, 0.1) is 11.4 Å². The van der Waals surface area contributed by atoms with E-state index in [1.807, 2.05) is 24.5 Å². The van der Waals surface area contributed by atoms with Gasteiger partial charge in [-0.05, 0) is 64.9 Å². The monoisotopic (exact) mass is 346 g/mol. The van der Waals surface area contributed by atoms with Crippen LogP contribution in [0.4, 0.5) is 0 Å². The summed E-state index contributed by atoms with van der Waals surface area (Å²) in [5.41, 5.74) is 4.83. The van der Waals surface area contributed by atoms with Crippen molar-refractivity contribution in [3.8, 4) is 11.4 Å². The molecule has 112 valence electrons. The van der Waals surface area contributed by atoms with Crippen LogP contribution in [0.3, 0.4) is 0 Å². The Morgan fingerprint density at radius 1 is 0.952 bits per heavy atom. The molecule has 0 bridgehead atoms. The molecule has 0 spiro atoms. The van der Waals surface area contributed by atoms with E-state index >= 15 is 0 Å². The van der Waals surface area contributed by atoms with Crippen LogP contribution in [0.5, 0.6) is 0 Å². The Bertz CT molecular complexity index is 567. The van der Waals surface area contributed by atoms with E-state index in [9.17, 15) is 0 Å². The Morgan fingerprint density at radius 3 is 2.29 bits per heavy atom. The molecule has 2 rings (SSSR count). The van der Waals surface area contributed by atoms with E-state index < -0.39 is 0 Å². The lowest BCUT2D eigenvalue weighted by Gasteiger charge is -2.15. The van der Waals surface area contributed by atoms with Gasteiger partial charge in [-0.1, -0.05) is 32.8 Å². The molecule has 0 saturated carbocycles. The molecule has 0 aliphatic carbocycles. The Kier molecular flexibility index (Phi) is 6.37. The van der Waals surface area contributed by atoms with Gasteiger partial charge < -0.3 is 0 Å². The van der Waals surface area contributed by atoms with Crippen LogP contribution in [0, 0.1) is 0 Å². The first-order valence-electron chi connectivity index (χ1n) is 7.85. The van der Waals surface area contributed by atoms with Crippen LogP contribution in [0.2, 0.25) is 0 Å². The largest absolute Gasteiger partial charge is 0.255 e. The van der Waals surface area contributed by atoms with Gasteiger partial charge in [0.15, 0.2) is 0 Å². The molecule has 21 heavy (non-hydrogen) atoms. The topological polar surface area (TPSA) is 25.8 Å². The molecule has 0 N–H and O–H groups in total. The van der Waals surface area contributed by atoms with Crippen LogP contribution in [-0.4, -0.2) is 9.97 Å². The van der Waals surface area contributed by atoms with E-state index in [4.69, 9.17) is 0 Å². The lowest BCUT2D eigenvalue weighted by atomic mass is 9.95. The minimum atomic E-state index is 0.980. The number of hydrogen-bond acceptors (Lipinski definition) is 2. The fraction of sp³-hybridized carbons (Fsp3) is 0.444. The van der Waals surface area contributed by atoms with E-state index in [-0.39, 0.29) is 0 Å². The Labute approximate surface area is 136 Å². The molecule has 0 unspecified atom stereocenters. The summed E-state index contributed by atoms with van der Waals surface area (Å²) in [6.45, 7) is 4.47. The molecule has 0 aliphatic rings. The summed E-state index contributed by atoms with van der Waals surface area (Å²) in [5, 5.41) is 0. The Morgan fingerprint density at radius 2 is 1.67 bits per heavy atom. The number of hydrogen-bond donors (Lipinski definition) is 0. The second-order valence-corrected chi connectivity index (χ2v) is 6.19. The summed E-state index contributed by atoms with van der Waals surface area (Å²) in [5.74, 6) is 0. The molecule has 2 heterocycles. The summed E-state index contributed by atoms with van der Waals surface area (Å²) in [4.78, 5) is 9.15. The molecule has 0 atom stereocenters. The van der Waals surface area contributed by atoms with E-state index in [1.165, 1.54) is 36.8 Å². The number of unbranched alkanes of at least 4 members (excludes halogenated alkanes) is 2. The summed E-state index contributed by atoms with van der Waals surface area (Å²) in [6, 6.07) is 6.03. The molecule has 2 nitrogen and oxygen atoms in total. The van der Waals surface area contributed by atoms with Crippen molar-refractivity contribution in [1.82, 2.24) is 9.97 Å². The highest BCUT2D eigenvalue weighted by Crippen LogP contribution is 2.30. The fourth-order valence-electron chi connectivity index (χ4n) is 2.53. The van der Waals surface area contributed by atoms with Crippen LogP contribution in [-0.2, 0) is 12.8 Å². The van der Waals surface area contributed by atoms with Gasteiger partial charge in [0.25, 0.3) is 0 Å². The van der Waals surface area contributed by atoms with Crippen LogP contribution in [0.25, 0.3) is 11.4 Å². The predicted molar refractivity (Wildman–Crippen MR) is 92.4 cm³/mol. The van der Waals surface area contributed by atoms with Gasteiger partial charge in [0.2, 0.25) is 0 Å². The average Bonchev–Trinajstić information content (AvgIpc) is 2.53. The van der Waals surface area contributed by atoms with Crippen LogP contribution in [0.15, 0.2) is 35.1 Å². The van der Waals surface area contributed by atoms with Crippen LogP contribution < -0.4 is 0 Å². The maximum atomic E-state index is 4.66. The highest BCUT2D eigenvalue weighted by Gasteiger charge is 2.15. The first kappa shape index (κ1) is 16.2. The molecular formula is C18H23BrN2. The molecule has 0 saturated heterocycles. The highest BCUT2D eigenvalue weighted by atomic mass is 79.9. The quantitative estimate of drug-likeness (QED) is 0.652. The molecule has 0 amide bonds. The zero-order valence-electron chi connectivity index (χ0n) is 12.9. The minimum Gasteiger partial charge on any atom is -0.255 e. The highest BCUT2D eigenvalue weighted by molar-refractivity contribution is 9.10. The Hall–Kier alpha value is -1.22. The molecule has 0 radical (unpaired) electrons. The molecule has 0 fully saturated rings. The van der Waals surface area contributed by atoms with E-state index in [0.717, 1.165) is 28.7 Å². The fourth-order valence-corrected chi connectivity index (χ4v) is 3.07. The molecule has 0 aliphatic heterocycles. The van der Waals surface area contributed by atoms with Crippen LogP contribution >= 0.6 is 15.9 Å². The van der Waals surface area contributed by atoms with Crippen molar-refractivity contribution in [2.75, 3.05) is 0 Å². The zero-order valence-corrected chi connectivity index (χ0v) is 14.5. The number of pyridine rings is 2. The van der Waals surface area contributed by atoms with Crippen molar-refractivity contribution >= 4 is 15.9 Å². The molecule has 3 heteroatoms. The number of rotatable bonds is 7. The molecular weight excluding hydrogens is 324 g/mol. The van der Waals surface area contributed by atoms with Crippen molar-refractivity contribution in [2.24, 2.45) is 0 Å². The summed E-state index contributed by atoms with van der Waals surface area (Å²) in [7, 11) is 0. The third kappa shape index (κ3) is 4.13. The standard InChI is InChI=1S/C18H23BrN2/c1-3-5-9-14-15(10-6-4-2)18(21-13-16(14)19)17-11-7-8-12-20-17/h7-8,11-13H,3-6,9-10H2,1-2H3. The maximum absolute atomic E-state index is 4.66. The van der Waals surface area contributed by atoms with Gasteiger partial charge in [0.1, 0.15) is 0 Å². The first-order valence-corrected chi connectivity index (χ1v) is 8.64. The van der Waals surface area contributed by atoms with Crippen molar-refractivity contribution in [1.29, 1.82) is 0 Å². The molecule has 2 aromatic rings. The summed E-state index contributed by atoms with van der Waals surface area (Å²) >= 11 is 3.69. The van der Waals surface area contributed by atoms with Gasteiger partial charge in [-0.15, -0.1) is 0 Å². The summed E-state index contributed by atoms with van der Waals surface area (Å²) < 4.78 is 1.14. The third-order valence-corrected chi connectivity index (χ3v) is 4.40. The predicted octanol–water partition coefficient (Wildman–Crippen LogP) is 5.59. The number of nitrogens with zero attached hydrogens (tertiary/aromatic N) is 2. The average molecular weight is 347 g/mol. The normalized spacial score (nSPS) is 10.8. The van der Waals surface area contributed by atoms with E-state index in [0.29, 0.717) is 0 Å². The lowest BCUT2D eigenvalue weighted by Crippen LogP contribution is -2.03. The number of aromatic nitrogens is 2. The minimum absolute atomic E-state index is 0.980. The molecule has 0 aromatic carbocycles. The van der Waals surface area contributed by atoms with Gasteiger partial charge in [-0.3, -0.25) is 9.97 Å². The first-order chi connectivity index (χ1) is 10.3. The zero-order chi connectivity index (χ0) is 15.1. The molecule has 2 aromatic heterocycles. The van der Waals surface area contributed by atoms with E-state index in [2.05, 4.69) is 45.8 Å². The second kappa shape index (κ2) is 8.28. The summed E-state index contributed by atoms with van der Waals surface area (Å²) in [6.07, 6.45) is 10.8. The number of halogens is 1. The Balaban J connectivity index is 2.48. The third-order valence-electron chi connectivity index (χ3n) is 3.71. The lowest BCUT2D eigenvalue weighted by molar-refractivity contribution is 0.753. The second-order valence-electron chi connectivity index (χ2n) is 5.33. The van der Waals surface area contributed by atoms with Crippen molar-refractivity contribution < 1.29 is 0 Å².